The fourth-order valence-corrected chi connectivity index (χ4v) is 3.58. The first-order valence-electron chi connectivity index (χ1n) is 8.93. The molecular formula is C21H27NO2. The van der Waals surface area contributed by atoms with Gasteiger partial charge in [0.2, 0.25) is 0 Å². The number of likely N-dealkylation sites (tertiary alicyclic amines) is 1. The first-order chi connectivity index (χ1) is 11.5. The summed E-state index contributed by atoms with van der Waals surface area (Å²) in [5.41, 5.74) is 0.200. The molecule has 0 bridgehead atoms. The summed E-state index contributed by atoms with van der Waals surface area (Å²) in [5.74, 6) is 0.919. The van der Waals surface area contributed by atoms with Crippen LogP contribution in [0.2, 0.25) is 0 Å². The highest BCUT2D eigenvalue weighted by Crippen LogP contribution is 2.30. The topological polar surface area (TPSA) is 29.5 Å². The molecule has 128 valence electrons. The highest BCUT2D eigenvalue weighted by atomic mass is 16.5. The van der Waals surface area contributed by atoms with Crippen LogP contribution in [0.3, 0.4) is 0 Å². The molecule has 2 aromatic carbocycles. The van der Waals surface area contributed by atoms with E-state index in [0.717, 1.165) is 36.0 Å². The zero-order valence-corrected chi connectivity index (χ0v) is 14.9. The summed E-state index contributed by atoms with van der Waals surface area (Å²) < 4.78 is 6.17. The molecule has 1 unspecified atom stereocenters. The van der Waals surface area contributed by atoms with Gasteiger partial charge < -0.3 is 9.64 Å². The van der Waals surface area contributed by atoms with Crippen molar-refractivity contribution in [3.05, 3.63) is 42.5 Å². The molecule has 1 amide bonds. The number of hydrogen-bond acceptors (Lipinski definition) is 2. The van der Waals surface area contributed by atoms with Gasteiger partial charge in [0.15, 0.2) is 6.10 Å². The lowest BCUT2D eigenvalue weighted by Crippen LogP contribution is -2.48. The van der Waals surface area contributed by atoms with Crippen molar-refractivity contribution in [2.24, 2.45) is 5.41 Å². The van der Waals surface area contributed by atoms with E-state index in [-0.39, 0.29) is 11.3 Å². The van der Waals surface area contributed by atoms with E-state index in [1.807, 2.05) is 42.2 Å². The summed E-state index contributed by atoms with van der Waals surface area (Å²) in [5, 5.41) is 2.20. The number of hydrogen-bond donors (Lipinski definition) is 0. The summed E-state index contributed by atoms with van der Waals surface area (Å²) in [6, 6.07) is 14.1. The number of fused-ring (bicyclic) bond motifs is 1. The maximum absolute atomic E-state index is 13.0. The highest BCUT2D eigenvalue weighted by molar-refractivity contribution is 5.89. The molecule has 2 aromatic rings. The molecule has 1 heterocycles. The van der Waals surface area contributed by atoms with Crippen molar-refractivity contribution in [2.75, 3.05) is 13.1 Å². The van der Waals surface area contributed by atoms with Gasteiger partial charge in [-0.2, -0.15) is 0 Å². The Morgan fingerprint density at radius 3 is 2.71 bits per heavy atom. The lowest BCUT2D eigenvalue weighted by atomic mass is 9.84. The number of ether oxygens (including phenoxy) is 1. The van der Waals surface area contributed by atoms with Gasteiger partial charge in [0, 0.05) is 18.5 Å². The van der Waals surface area contributed by atoms with Crippen LogP contribution < -0.4 is 4.74 Å². The van der Waals surface area contributed by atoms with Crippen LogP contribution in [0.25, 0.3) is 10.8 Å². The zero-order valence-electron chi connectivity index (χ0n) is 14.9. The standard InChI is InChI=1S/C21H27NO2/c1-4-18(20(23)22-14-8-13-21(2,3)15-22)24-19-12-7-10-16-9-5-6-11-17(16)19/h5-7,9-12,18H,4,8,13-15H2,1-3H3. The van der Waals surface area contributed by atoms with Gasteiger partial charge in [0.1, 0.15) is 5.75 Å². The number of piperidine rings is 1. The van der Waals surface area contributed by atoms with Gasteiger partial charge in [-0.3, -0.25) is 4.79 Å². The summed E-state index contributed by atoms with van der Waals surface area (Å²) in [6.07, 6.45) is 2.52. The third-order valence-electron chi connectivity index (χ3n) is 4.88. The van der Waals surface area contributed by atoms with Gasteiger partial charge in [0.05, 0.1) is 0 Å². The normalized spacial score (nSPS) is 18.4. The van der Waals surface area contributed by atoms with E-state index in [4.69, 9.17) is 4.74 Å². The van der Waals surface area contributed by atoms with E-state index in [1.165, 1.54) is 6.42 Å². The van der Waals surface area contributed by atoms with Crippen LogP contribution in [-0.2, 0) is 4.79 Å². The Hall–Kier alpha value is -2.03. The monoisotopic (exact) mass is 325 g/mol. The molecule has 3 rings (SSSR count). The van der Waals surface area contributed by atoms with E-state index in [0.29, 0.717) is 6.42 Å². The molecule has 24 heavy (non-hydrogen) atoms. The smallest absolute Gasteiger partial charge is 0.263 e. The molecule has 0 saturated carbocycles. The zero-order chi connectivity index (χ0) is 17.2. The van der Waals surface area contributed by atoms with Crippen molar-refractivity contribution in [3.8, 4) is 5.75 Å². The Bertz CT molecular complexity index is 717. The van der Waals surface area contributed by atoms with E-state index < -0.39 is 6.10 Å². The average molecular weight is 325 g/mol. The highest BCUT2D eigenvalue weighted by Gasteiger charge is 2.32. The third-order valence-corrected chi connectivity index (χ3v) is 4.88. The van der Waals surface area contributed by atoms with Crippen LogP contribution in [0, 0.1) is 5.41 Å². The Labute approximate surface area is 144 Å². The van der Waals surface area contributed by atoms with Crippen molar-refractivity contribution in [3.63, 3.8) is 0 Å². The molecule has 1 atom stereocenters. The van der Waals surface area contributed by atoms with Crippen LogP contribution in [0.1, 0.15) is 40.0 Å². The SMILES string of the molecule is CCC(Oc1cccc2ccccc12)C(=O)N1CCCC(C)(C)C1. The third kappa shape index (κ3) is 3.55. The molecule has 3 heteroatoms. The molecule has 1 saturated heterocycles. The Morgan fingerprint density at radius 1 is 1.21 bits per heavy atom. The molecule has 3 nitrogen and oxygen atoms in total. The number of carbonyl (C=O) groups is 1. The Balaban J connectivity index is 1.80. The average Bonchev–Trinajstić information content (AvgIpc) is 2.58. The quantitative estimate of drug-likeness (QED) is 0.819. The van der Waals surface area contributed by atoms with E-state index in [2.05, 4.69) is 26.0 Å². The maximum Gasteiger partial charge on any atom is 0.263 e. The fourth-order valence-electron chi connectivity index (χ4n) is 3.58. The summed E-state index contributed by atoms with van der Waals surface area (Å²) in [4.78, 5) is 14.9. The number of amides is 1. The van der Waals surface area contributed by atoms with Crippen molar-refractivity contribution in [1.82, 2.24) is 4.90 Å². The molecule has 1 aliphatic rings. The molecule has 1 fully saturated rings. The summed E-state index contributed by atoms with van der Waals surface area (Å²) in [6.45, 7) is 8.15. The van der Waals surface area contributed by atoms with Crippen molar-refractivity contribution in [2.45, 2.75) is 46.1 Å². The van der Waals surface area contributed by atoms with Gasteiger partial charge in [-0.25, -0.2) is 0 Å². The van der Waals surface area contributed by atoms with Crippen molar-refractivity contribution < 1.29 is 9.53 Å². The maximum atomic E-state index is 13.0. The number of carbonyl (C=O) groups excluding carboxylic acids is 1. The first-order valence-corrected chi connectivity index (χ1v) is 8.93. The first kappa shape index (κ1) is 16.8. The van der Waals surface area contributed by atoms with E-state index in [9.17, 15) is 4.79 Å². The number of rotatable bonds is 4. The number of benzene rings is 2. The second kappa shape index (κ2) is 6.84. The van der Waals surface area contributed by atoms with Gasteiger partial charge in [-0.1, -0.05) is 57.2 Å². The van der Waals surface area contributed by atoms with Crippen LogP contribution in [-0.4, -0.2) is 30.0 Å². The molecule has 0 N–H and O–H groups in total. The minimum absolute atomic E-state index is 0.123. The lowest BCUT2D eigenvalue weighted by molar-refractivity contribution is -0.141. The van der Waals surface area contributed by atoms with Crippen LogP contribution >= 0.6 is 0 Å². The lowest BCUT2D eigenvalue weighted by Gasteiger charge is -2.39. The minimum atomic E-state index is -0.412. The second-order valence-electron chi connectivity index (χ2n) is 7.52. The van der Waals surface area contributed by atoms with E-state index >= 15 is 0 Å². The molecule has 0 aliphatic carbocycles. The molecule has 0 radical (unpaired) electrons. The second-order valence-corrected chi connectivity index (χ2v) is 7.52. The largest absolute Gasteiger partial charge is 0.480 e. The van der Waals surface area contributed by atoms with Gasteiger partial charge in [0.25, 0.3) is 5.91 Å². The Morgan fingerprint density at radius 2 is 1.96 bits per heavy atom. The minimum Gasteiger partial charge on any atom is -0.480 e. The van der Waals surface area contributed by atoms with Gasteiger partial charge in [-0.05, 0) is 36.1 Å². The Kier molecular flexibility index (Phi) is 4.79. The van der Waals surface area contributed by atoms with Crippen LogP contribution in [0.15, 0.2) is 42.5 Å². The predicted octanol–water partition coefficient (Wildman–Crippen LogP) is 4.65. The van der Waals surface area contributed by atoms with Crippen molar-refractivity contribution >= 4 is 16.7 Å². The number of nitrogens with zero attached hydrogens (tertiary/aromatic N) is 1. The molecular weight excluding hydrogens is 298 g/mol. The van der Waals surface area contributed by atoms with Crippen LogP contribution in [0.4, 0.5) is 0 Å². The van der Waals surface area contributed by atoms with E-state index in [1.54, 1.807) is 0 Å². The van der Waals surface area contributed by atoms with Crippen molar-refractivity contribution in [1.29, 1.82) is 0 Å². The summed E-state index contributed by atoms with van der Waals surface area (Å²) >= 11 is 0. The van der Waals surface area contributed by atoms with Crippen LogP contribution in [0.5, 0.6) is 5.75 Å². The van der Waals surface area contributed by atoms with Gasteiger partial charge in [-0.15, -0.1) is 0 Å². The molecule has 1 aliphatic heterocycles. The fraction of sp³-hybridized carbons (Fsp3) is 0.476. The summed E-state index contributed by atoms with van der Waals surface area (Å²) in [7, 11) is 0. The molecule has 0 aromatic heterocycles. The molecule has 0 spiro atoms. The predicted molar refractivity (Wildman–Crippen MR) is 98.3 cm³/mol. The van der Waals surface area contributed by atoms with Gasteiger partial charge >= 0.3 is 0 Å².